The van der Waals surface area contributed by atoms with Gasteiger partial charge in [0.2, 0.25) is 0 Å². The molecule has 3 unspecified atom stereocenters. The minimum Gasteiger partial charge on any atom is -0.309 e. The first-order chi connectivity index (χ1) is 10.2. The molecule has 1 aromatic rings. The summed E-state index contributed by atoms with van der Waals surface area (Å²) in [6, 6.07) is 3.91. The molecule has 0 aromatic heterocycles. The van der Waals surface area contributed by atoms with Gasteiger partial charge in [-0.15, -0.1) is 0 Å². The lowest BCUT2D eigenvalue weighted by Crippen LogP contribution is -2.39. The molecule has 0 bridgehead atoms. The zero-order chi connectivity index (χ0) is 15.2. The second-order valence-corrected chi connectivity index (χ2v) is 7.92. The predicted octanol–water partition coefficient (Wildman–Crippen LogP) is 4.63. The summed E-state index contributed by atoms with van der Waals surface area (Å²) in [4.78, 5) is 0. The molecule has 0 aliphatic carbocycles. The Morgan fingerprint density at radius 1 is 1.14 bits per heavy atom. The molecular formula is C16H23F2NS2. The van der Waals surface area contributed by atoms with Crippen LogP contribution in [-0.4, -0.2) is 28.6 Å². The van der Waals surface area contributed by atoms with Crippen molar-refractivity contribution in [1.29, 1.82) is 0 Å². The van der Waals surface area contributed by atoms with Gasteiger partial charge in [-0.2, -0.15) is 23.5 Å². The summed E-state index contributed by atoms with van der Waals surface area (Å²) in [5.41, 5.74) is 0.736. The molecule has 0 saturated carbocycles. The minimum atomic E-state index is -0.491. The zero-order valence-electron chi connectivity index (χ0n) is 12.6. The Balaban J connectivity index is 2.27. The standard InChI is InChI=1S/C16H23F2NS2/c1-3-5-19-15(11-8-12(17)10-13(18)9-11)16-14(4-2)20-6-7-21-16/h8-10,14-16,19H,3-7H2,1-2H3. The highest BCUT2D eigenvalue weighted by molar-refractivity contribution is 8.07. The van der Waals surface area contributed by atoms with Gasteiger partial charge >= 0.3 is 0 Å². The number of benzene rings is 1. The molecule has 1 aliphatic heterocycles. The van der Waals surface area contributed by atoms with Crippen LogP contribution >= 0.6 is 23.5 Å². The van der Waals surface area contributed by atoms with Crippen molar-refractivity contribution in [2.45, 2.75) is 43.2 Å². The average molecular weight is 331 g/mol. The normalized spacial score (nSPS) is 24.0. The van der Waals surface area contributed by atoms with Crippen LogP contribution in [-0.2, 0) is 0 Å². The molecule has 0 amide bonds. The lowest BCUT2D eigenvalue weighted by Gasteiger charge is -2.36. The van der Waals surface area contributed by atoms with Crippen LogP contribution in [0.5, 0.6) is 0 Å². The van der Waals surface area contributed by atoms with E-state index in [0.717, 1.165) is 42.5 Å². The van der Waals surface area contributed by atoms with Gasteiger partial charge in [0.15, 0.2) is 0 Å². The first-order valence-corrected chi connectivity index (χ1v) is 9.68. The fraction of sp³-hybridized carbons (Fsp3) is 0.625. The molecular weight excluding hydrogens is 308 g/mol. The van der Waals surface area contributed by atoms with Crippen LogP contribution in [0.1, 0.15) is 38.3 Å². The Bertz CT molecular complexity index is 436. The molecule has 1 fully saturated rings. The lowest BCUT2D eigenvalue weighted by molar-refractivity contribution is 0.489. The fourth-order valence-electron chi connectivity index (χ4n) is 2.73. The molecule has 2 rings (SSSR count). The third-order valence-corrected chi connectivity index (χ3v) is 7.03. The van der Waals surface area contributed by atoms with Crippen molar-refractivity contribution in [1.82, 2.24) is 5.32 Å². The van der Waals surface area contributed by atoms with Crippen LogP contribution in [0, 0.1) is 11.6 Å². The second-order valence-electron chi connectivity index (χ2n) is 5.29. The number of halogens is 2. The van der Waals surface area contributed by atoms with Crippen molar-refractivity contribution in [2.75, 3.05) is 18.1 Å². The number of hydrogen-bond acceptors (Lipinski definition) is 3. The van der Waals surface area contributed by atoms with Crippen LogP contribution in [0.25, 0.3) is 0 Å². The molecule has 1 heterocycles. The summed E-state index contributed by atoms with van der Waals surface area (Å²) in [5, 5.41) is 4.40. The third kappa shape index (κ3) is 4.60. The Hall–Kier alpha value is -0.260. The summed E-state index contributed by atoms with van der Waals surface area (Å²) in [7, 11) is 0. The topological polar surface area (TPSA) is 12.0 Å². The summed E-state index contributed by atoms with van der Waals surface area (Å²) >= 11 is 3.92. The maximum absolute atomic E-state index is 13.6. The number of thioether (sulfide) groups is 2. The summed E-state index contributed by atoms with van der Waals surface area (Å²) in [6.45, 7) is 5.16. The second kappa shape index (κ2) is 8.39. The molecule has 5 heteroatoms. The first kappa shape index (κ1) is 17.1. The predicted molar refractivity (Wildman–Crippen MR) is 90.2 cm³/mol. The van der Waals surface area contributed by atoms with Crippen LogP contribution < -0.4 is 5.32 Å². The van der Waals surface area contributed by atoms with Crippen molar-refractivity contribution in [3.8, 4) is 0 Å². The highest BCUT2D eigenvalue weighted by atomic mass is 32.2. The average Bonchev–Trinajstić information content (AvgIpc) is 2.47. The quantitative estimate of drug-likeness (QED) is 0.816. The van der Waals surface area contributed by atoms with Gasteiger partial charge in [0.25, 0.3) is 0 Å². The Labute approximate surface area is 134 Å². The summed E-state index contributed by atoms with van der Waals surface area (Å²) in [5.74, 6) is 1.29. The van der Waals surface area contributed by atoms with Gasteiger partial charge in [0, 0.05) is 34.1 Å². The molecule has 118 valence electrons. The van der Waals surface area contributed by atoms with E-state index in [1.165, 1.54) is 12.1 Å². The Morgan fingerprint density at radius 3 is 2.43 bits per heavy atom. The van der Waals surface area contributed by atoms with Gasteiger partial charge in [-0.1, -0.05) is 13.8 Å². The van der Waals surface area contributed by atoms with Crippen molar-refractivity contribution in [3.05, 3.63) is 35.4 Å². The molecule has 1 saturated heterocycles. The highest BCUT2D eigenvalue weighted by Crippen LogP contribution is 2.40. The van der Waals surface area contributed by atoms with Gasteiger partial charge in [0.1, 0.15) is 11.6 Å². The molecule has 1 aliphatic rings. The minimum absolute atomic E-state index is 0.0119. The Kier molecular flexibility index (Phi) is 6.83. The molecule has 1 nitrogen and oxygen atoms in total. The van der Waals surface area contributed by atoms with E-state index in [1.54, 1.807) is 0 Å². The molecule has 21 heavy (non-hydrogen) atoms. The van der Waals surface area contributed by atoms with Gasteiger partial charge in [-0.3, -0.25) is 0 Å². The highest BCUT2D eigenvalue weighted by Gasteiger charge is 2.33. The SMILES string of the molecule is CCCNC(c1cc(F)cc(F)c1)C1SCCSC1CC. The van der Waals surface area contributed by atoms with Gasteiger partial charge < -0.3 is 5.32 Å². The zero-order valence-corrected chi connectivity index (χ0v) is 14.2. The van der Waals surface area contributed by atoms with E-state index >= 15 is 0 Å². The summed E-state index contributed by atoms with van der Waals surface area (Å²) < 4.78 is 27.2. The number of rotatable bonds is 6. The smallest absolute Gasteiger partial charge is 0.126 e. The Morgan fingerprint density at radius 2 is 1.81 bits per heavy atom. The maximum Gasteiger partial charge on any atom is 0.126 e. The van der Waals surface area contributed by atoms with Crippen LogP contribution in [0.4, 0.5) is 8.78 Å². The third-order valence-electron chi connectivity index (χ3n) is 3.68. The molecule has 0 spiro atoms. The van der Waals surface area contributed by atoms with Crippen LogP contribution in [0.2, 0.25) is 0 Å². The molecule has 0 radical (unpaired) electrons. The van der Waals surface area contributed by atoms with E-state index in [0.29, 0.717) is 10.5 Å². The van der Waals surface area contributed by atoms with E-state index in [1.807, 2.05) is 23.5 Å². The van der Waals surface area contributed by atoms with E-state index in [-0.39, 0.29) is 6.04 Å². The molecule has 3 atom stereocenters. The van der Waals surface area contributed by atoms with Crippen LogP contribution in [0.3, 0.4) is 0 Å². The largest absolute Gasteiger partial charge is 0.309 e. The molecule has 1 N–H and O–H groups in total. The van der Waals surface area contributed by atoms with E-state index in [2.05, 4.69) is 19.2 Å². The van der Waals surface area contributed by atoms with Gasteiger partial charge in [-0.05, 0) is 37.1 Å². The molecule has 1 aromatic carbocycles. The summed E-state index contributed by atoms with van der Waals surface area (Å²) in [6.07, 6.45) is 2.10. The monoisotopic (exact) mass is 331 g/mol. The van der Waals surface area contributed by atoms with Crippen molar-refractivity contribution in [2.24, 2.45) is 0 Å². The van der Waals surface area contributed by atoms with Gasteiger partial charge in [-0.25, -0.2) is 8.78 Å². The van der Waals surface area contributed by atoms with Crippen molar-refractivity contribution >= 4 is 23.5 Å². The van der Waals surface area contributed by atoms with E-state index in [9.17, 15) is 8.78 Å². The van der Waals surface area contributed by atoms with E-state index in [4.69, 9.17) is 0 Å². The maximum atomic E-state index is 13.6. The van der Waals surface area contributed by atoms with Crippen LogP contribution in [0.15, 0.2) is 18.2 Å². The van der Waals surface area contributed by atoms with Crippen molar-refractivity contribution < 1.29 is 8.78 Å². The fourth-order valence-corrected chi connectivity index (χ4v) is 5.98. The van der Waals surface area contributed by atoms with Crippen molar-refractivity contribution in [3.63, 3.8) is 0 Å². The van der Waals surface area contributed by atoms with Gasteiger partial charge in [0.05, 0.1) is 0 Å². The first-order valence-electron chi connectivity index (χ1n) is 7.58. The van der Waals surface area contributed by atoms with E-state index < -0.39 is 11.6 Å². The lowest BCUT2D eigenvalue weighted by atomic mass is 9.99. The number of hydrogen-bond donors (Lipinski definition) is 1. The number of nitrogens with one attached hydrogen (secondary N) is 1.